The summed E-state index contributed by atoms with van der Waals surface area (Å²) in [5.74, 6) is 0. The second kappa shape index (κ2) is 5.48. The monoisotopic (exact) mass is 283 g/mol. The highest BCUT2D eigenvalue weighted by atomic mass is 32.2. The Morgan fingerprint density at radius 3 is 2.58 bits per heavy atom. The Balaban J connectivity index is 2.31. The van der Waals surface area contributed by atoms with E-state index in [1.54, 1.807) is 18.2 Å². The topological polar surface area (TPSA) is 66.6 Å². The summed E-state index contributed by atoms with van der Waals surface area (Å²) in [6, 6.07) is 5.10. The van der Waals surface area contributed by atoms with Crippen LogP contribution in [0.1, 0.15) is 12.0 Å². The zero-order valence-corrected chi connectivity index (χ0v) is 12.3. The Hall–Kier alpha value is -1.11. The molecule has 1 fully saturated rings. The van der Waals surface area contributed by atoms with E-state index in [2.05, 4.69) is 4.90 Å². The van der Waals surface area contributed by atoms with Crippen LogP contribution in [0.4, 0.5) is 5.69 Å². The molecule has 1 heterocycles. The van der Waals surface area contributed by atoms with Gasteiger partial charge in [-0.25, -0.2) is 8.42 Å². The molecule has 1 saturated heterocycles. The van der Waals surface area contributed by atoms with E-state index in [1.807, 2.05) is 14.0 Å². The average molecular weight is 283 g/mol. The molecule has 0 spiro atoms. The highest BCUT2D eigenvalue weighted by Gasteiger charge is 2.27. The number of hydrogen-bond acceptors (Lipinski definition) is 4. The van der Waals surface area contributed by atoms with Crippen LogP contribution in [0.2, 0.25) is 0 Å². The maximum absolute atomic E-state index is 12.6. The molecule has 106 valence electrons. The summed E-state index contributed by atoms with van der Waals surface area (Å²) in [5, 5.41) is 0. The number of anilines is 1. The van der Waals surface area contributed by atoms with Gasteiger partial charge >= 0.3 is 0 Å². The van der Waals surface area contributed by atoms with Gasteiger partial charge in [-0.05, 0) is 44.6 Å². The molecule has 0 unspecified atom stereocenters. The lowest BCUT2D eigenvalue weighted by atomic mass is 10.2. The molecule has 1 aromatic rings. The van der Waals surface area contributed by atoms with Crippen LogP contribution in [0.25, 0.3) is 0 Å². The van der Waals surface area contributed by atoms with Gasteiger partial charge in [-0.15, -0.1) is 0 Å². The molecular weight excluding hydrogens is 262 g/mol. The minimum Gasteiger partial charge on any atom is -0.398 e. The number of nitrogens with zero attached hydrogens (tertiary/aromatic N) is 2. The van der Waals surface area contributed by atoms with Gasteiger partial charge in [-0.3, -0.25) is 0 Å². The predicted molar refractivity (Wildman–Crippen MR) is 76.5 cm³/mol. The zero-order chi connectivity index (χ0) is 14.0. The molecule has 0 amide bonds. The van der Waals surface area contributed by atoms with Gasteiger partial charge in [0.15, 0.2) is 0 Å². The van der Waals surface area contributed by atoms with E-state index in [9.17, 15) is 8.42 Å². The summed E-state index contributed by atoms with van der Waals surface area (Å²) in [7, 11) is -1.46. The Morgan fingerprint density at radius 2 is 1.89 bits per heavy atom. The van der Waals surface area contributed by atoms with E-state index < -0.39 is 10.0 Å². The first-order valence-corrected chi connectivity index (χ1v) is 7.90. The quantitative estimate of drug-likeness (QED) is 0.819. The normalized spacial score (nSPS) is 19.3. The Morgan fingerprint density at radius 1 is 1.16 bits per heavy atom. The van der Waals surface area contributed by atoms with E-state index in [0.717, 1.165) is 25.1 Å². The molecule has 0 radical (unpaired) electrons. The van der Waals surface area contributed by atoms with Crippen molar-refractivity contribution in [3.8, 4) is 0 Å². The molecule has 2 N–H and O–H groups in total. The predicted octanol–water partition coefficient (Wildman–Crippen LogP) is 0.903. The van der Waals surface area contributed by atoms with Crippen LogP contribution in [0.15, 0.2) is 23.1 Å². The molecule has 0 bridgehead atoms. The van der Waals surface area contributed by atoms with Gasteiger partial charge in [0.25, 0.3) is 0 Å². The Kier molecular flexibility index (Phi) is 4.13. The van der Waals surface area contributed by atoms with E-state index in [-0.39, 0.29) is 4.90 Å². The maximum Gasteiger partial charge on any atom is 0.245 e. The van der Waals surface area contributed by atoms with Crippen molar-refractivity contribution in [1.29, 1.82) is 0 Å². The van der Waals surface area contributed by atoms with E-state index in [0.29, 0.717) is 18.8 Å². The third kappa shape index (κ3) is 3.08. The maximum atomic E-state index is 12.6. The van der Waals surface area contributed by atoms with Crippen molar-refractivity contribution in [2.45, 2.75) is 18.2 Å². The van der Waals surface area contributed by atoms with Crippen molar-refractivity contribution in [2.75, 3.05) is 39.0 Å². The van der Waals surface area contributed by atoms with Crippen molar-refractivity contribution in [2.24, 2.45) is 0 Å². The van der Waals surface area contributed by atoms with Gasteiger partial charge in [-0.2, -0.15) is 4.31 Å². The second-order valence-electron chi connectivity index (χ2n) is 5.10. The van der Waals surface area contributed by atoms with Crippen molar-refractivity contribution in [3.63, 3.8) is 0 Å². The fourth-order valence-corrected chi connectivity index (χ4v) is 3.87. The van der Waals surface area contributed by atoms with Crippen LogP contribution in [-0.2, 0) is 10.0 Å². The number of benzene rings is 1. The molecule has 0 aromatic heterocycles. The molecule has 1 aliphatic rings. The highest BCUT2D eigenvalue weighted by molar-refractivity contribution is 7.89. The van der Waals surface area contributed by atoms with Crippen molar-refractivity contribution < 1.29 is 8.42 Å². The number of sulfonamides is 1. The van der Waals surface area contributed by atoms with Gasteiger partial charge in [0.2, 0.25) is 10.0 Å². The van der Waals surface area contributed by atoms with Gasteiger partial charge < -0.3 is 10.6 Å². The standard InChI is InChI=1S/C13H21N3O2S/c1-11-4-5-13(12(14)10-11)19(17,18)16-7-3-6-15(2)8-9-16/h4-5,10H,3,6-9,14H2,1-2H3. The minimum absolute atomic E-state index is 0.225. The number of aryl methyl sites for hydroxylation is 1. The number of likely N-dealkylation sites (N-methyl/N-ethyl adjacent to an activating group) is 1. The molecule has 19 heavy (non-hydrogen) atoms. The van der Waals surface area contributed by atoms with E-state index in [4.69, 9.17) is 5.73 Å². The van der Waals surface area contributed by atoms with Gasteiger partial charge in [0.1, 0.15) is 4.90 Å². The number of rotatable bonds is 2. The average Bonchev–Trinajstić information content (AvgIpc) is 2.53. The third-order valence-corrected chi connectivity index (χ3v) is 5.43. The fourth-order valence-electron chi connectivity index (χ4n) is 2.31. The molecule has 6 heteroatoms. The number of nitrogen functional groups attached to an aromatic ring is 1. The van der Waals surface area contributed by atoms with Crippen LogP contribution < -0.4 is 5.73 Å². The smallest absolute Gasteiger partial charge is 0.245 e. The summed E-state index contributed by atoms with van der Waals surface area (Å²) in [5.41, 5.74) is 7.16. The number of nitrogens with two attached hydrogens (primary N) is 1. The largest absolute Gasteiger partial charge is 0.398 e. The Labute approximate surface area is 115 Å². The van der Waals surface area contributed by atoms with E-state index >= 15 is 0 Å². The van der Waals surface area contributed by atoms with Crippen molar-refractivity contribution >= 4 is 15.7 Å². The molecule has 1 aliphatic heterocycles. The molecule has 5 nitrogen and oxygen atoms in total. The Bertz CT molecular complexity index is 557. The second-order valence-corrected chi connectivity index (χ2v) is 7.01. The summed E-state index contributed by atoms with van der Waals surface area (Å²) >= 11 is 0. The van der Waals surface area contributed by atoms with Gasteiger partial charge in [-0.1, -0.05) is 6.07 Å². The number of hydrogen-bond donors (Lipinski definition) is 1. The highest BCUT2D eigenvalue weighted by Crippen LogP contribution is 2.24. The first-order valence-electron chi connectivity index (χ1n) is 6.46. The third-order valence-electron chi connectivity index (χ3n) is 3.46. The molecule has 1 aromatic carbocycles. The fraction of sp³-hybridized carbons (Fsp3) is 0.538. The summed E-state index contributed by atoms with van der Waals surface area (Å²) in [6.07, 6.45) is 0.849. The van der Waals surface area contributed by atoms with Gasteiger partial charge in [0.05, 0.1) is 5.69 Å². The lowest BCUT2D eigenvalue weighted by molar-refractivity contribution is 0.347. The molecular formula is C13H21N3O2S. The molecule has 0 saturated carbocycles. The van der Waals surface area contributed by atoms with Crippen LogP contribution in [-0.4, -0.2) is 50.8 Å². The van der Waals surface area contributed by atoms with Crippen LogP contribution in [0.5, 0.6) is 0 Å². The molecule has 2 rings (SSSR count). The zero-order valence-electron chi connectivity index (χ0n) is 11.5. The SMILES string of the molecule is Cc1ccc(S(=O)(=O)N2CCCN(C)CC2)c(N)c1. The first-order chi connectivity index (χ1) is 8.91. The lowest BCUT2D eigenvalue weighted by Gasteiger charge is -2.21. The van der Waals surface area contributed by atoms with Crippen molar-refractivity contribution in [1.82, 2.24) is 9.21 Å². The van der Waals surface area contributed by atoms with Crippen LogP contribution >= 0.6 is 0 Å². The molecule has 0 atom stereocenters. The summed E-state index contributed by atoms with van der Waals surface area (Å²) < 4.78 is 26.8. The summed E-state index contributed by atoms with van der Waals surface area (Å²) in [4.78, 5) is 2.37. The first kappa shape index (κ1) is 14.3. The summed E-state index contributed by atoms with van der Waals surface area (Å²) in [6.45, 7) is 4.65. The van der Waals surface area contributed by atoms with Crippen molar-refractivity contribution in [3.05, 3.63) is 23.8 Å². The van der Waals surface area contributed by atoms with E-state index in [1.165, 1.54) is 4.31 Å². The van der Waals surface area contributed by atoms with Crippen LogP contribution in [0, 0.1) is 6.92 Å². The van der Waals surface area contributed by atoms with Crippen LogP contribution in [0.3, 0.4) is 0 Å². The lowest BCUT2D eigenvalue weighted by Crippen LogP contribution is -2.34. The van der Waals surface area contributed by atoms with Gasteiger partial charge in [0, 0.05) is 19.6 Å². The minimum atomic E-state index is -3.47. The molecule has 0 aliphatic carbocycles.